The Morgan fingerprint density at radius 3 is 2.78 bits per heavy atom. The van der Waals surface area contributed by atoms with Gasteiger partial charge in [0.15, 0.2) is 0 Å². The smallest absolute Gasteiger partial charge is 0.409 e. The summed E-state index contributed by atoms with van der Waals surface area (Å²) in [4.78, 5) is 35.3. The number of anilines is 2. The van der Waals surface area contributed by atoms with E-state index in [1.54, 1.807) is 12.1 Å². The third-order valence-electron chi connectivity index (χ3n) is 6.80. The first-order valence-corrected chi connectivity index (χ1v) is 13.2. The lowest BCUT2D eigenvalue weighted by atomic mass is 9.88. The van der Waals surface area contributed by atoms with Gasteiger partial charge in [-0.1, -0.05) is 23.2 Å². The Hall–Kier alpha value is -2.62. The minimum Gasteiger partial charge on any atom is -0.453 e. The van der Waals surface area contributed by atoms with Crippen molar-refractivity contribution >= 4 is 46.8 Å². The number of hydrogen-bond donors (Lipinski definition) is 2. The van der Waals surface area contributed by atoms with Gasteiger partial charge in [0.2, 0.25) is 5.91 Å². The van der Waals surface area contributed by atoms with E-state index in [9.17, 15) is 9.59 Å². The zero-order chi connectivity index (χ0) is 26.6. The molecule has 4 heterocycles. The second-order valence-corrected chi connectivity index (χ2v) is 11.0. The molecule has 2 saturated heterocycles. The second-order valence-electron chi connectivity index (χ2n) is 10.2. The number of nitrogens with one attached hydrogen (secondary N) is 2. The SMILES string of the molecule is COC(=O)N1CCC[C@H](C(=O)Nc2cc(-c3nc(NC[C@@H]4CCOC(C)(C)C4)ccc3Cl)c(Cl)cn2)C1. The Bertz CT molecular complexity index is 1150. The lowest BCUT2D eigenvalue weighted by Gasteiger charge is -2.35. The van der Waals surface area contributed by atoms with Crippen molar-refractivity contribution in [3.63, 3.8) is 0 Å². The summed E-state index contributed by atoms with van der Waals surface area (Å²) in [5.74, 6) is 0.917. The van der Waals surface area contributed by atoms with Crippen LogP contribution in [0.1, 0.15) is 39.5 Å². The van der Waals surface area contributed by atoms with Crippen LogP contribution in [0.4, 0.5) is 16.4 Å². The Balaban J connectivity index is 1.46. The van der Waals surface area contributed by atoms with E-state index in [1.807, 2.05) is 6.07 Å². The summed E-state index contributed by atoms with van der Waals surface area (Å²) >= 11 is 13.0. The monoisotopic (exact) mass is 549 g/mol. The van der Waals surface area contributed by atoms with Crippen molar-refractivity contribution in [2.45, 2.75) is 45.1 Å². The number of carbonyl (C=O) groups excluding carboxylic acids is 2. The molecule has 4 rings (SSSR count). The molecule has 9 nitrogen and oxygen atoms in total. The molecule has 2 aliphatic heterocycles. The third kappa shape index (κ3) is 7.03. The molecule has 0 bridgehead atoms. The van der Waals surface area contributed by atoms with Crippen LogP contribution in [0.3, 0.4) is 0 Å². The van der Waals surface area contributed by atoms with Crippen molar-refractivity contribution in [2.75, 3.05) is 44.0 Å². The maximum Gasteiger partial charge on any atom is 0.409 e. The van der Waals surface area contributed by atoms with E-state index in [2.05, 4.69) is 29.5 Å². The number of ether oxygens (including phenoxy) is 2. The number of nitrogens with zero attached hydrogens (tertiary/aromatic N) is 3. The van der Waals surface area contributed by atoms with Gasteiger partial charge in [-0.25, -0.2) is 14.8 Å². The highest BCUT2D eigenvalue weighted by molar-refractivity contribution is 6.36. The minimum atomic E-state index is -0.431. The number of likely N-dealkylation sites (tertiary alicyclic amines) is 1. The Morgan fingerprint density at radius 1 is 1.22 bits per heavy atom. The first-order chi connectivity index (χ1) is 17.6. The molecule has 2 aromatic heterocycles. The number of aromatic nitrogens is 2. The van der Waals surface area contributed by atoms with Crippen LogP contribution in [0.5, 0.6) is 0 Å². The predicted molar refractivity (Wildman–Crippen MR) is 144 cm³/mol. The van der Waals surface area contributed by atoms with Crippen LogP contribution in [-0.2, 0) is 14.3 Å². The van der Waals surface area contributed by atoms with E-state index in [4.69, 9.17) is 37.7 Å². The van der Waals surface area contributed by atoms with Gasteiger partial charge in [-0.05, 0) is 63.6 Å². The van der Waals surface area contributed by atoms with Crippen LogP contribution in [0, 0.1) is 11.8 Å². The number of halogens is 2. The molecule has 37 heavy (non-hydrogen) atoms. The highest BCUT2D eigenvalue weighted by Gasteiger charge is 2.30. The molecule has 2 amide bonds. The average molecular weight is 550 g/mol. The van der Waals surface area contributed by atoms with Crippen molar-refractivity contribution in [2.24, 2.45) is 11.8 Å². The first-order valence-electron chi connectivity index (χ1n) is 12.5. The number of carbonyl (C=O) groups is 2. The van der Waals surface area contributed by atoms with Gasteiger partial charge in [0.1, 0.15) is 11.6 Å². The number of rotatable bonds is 6. The van der Waals surface area contributed by atoms with Gasteiger partial charge in [-0.2, -0.15) is 0 Å². The Labute approximate surface area is 227 Å². The van der Waals surface area contributed by atoms with Gasteiger partial charge in [-0.3, -0.25) is 4.79 Å². The highest BCUT2D eigenvalue weighted by Crippen LogP contribution is 2.34. The number of hydrogen-bond acceptors (Lipinski definition) is 7. The minimum absolute atomic E-state index is 0.121. The summed E-state index contributed by atoms with van der Waals surface area (Å²) in [5, 5.41) is 7.07. The van der Waals surface area contributed by atoms with Crippen LogP contribution in [0.15, 0.2) is 24.4 Å². The van der Waals surface area contributed by atoms with Crippen LogP contribution in [-0.4, -0.2) is 65.8 Å². The summed E-state index contributed by atoms with van der Waals surface area (Å²) < 4.78 is 10.6. The molecule has 0 aliphatic carbocycles. The molecule has 2 atom stereocenters. The average Bonchev–Trinajstić information content (AvgIpc) is 2.88. The molecule has 2 aromatic rings. The summed E-state index contributed by atoms with van der Waals surface area (Å²) in [5.41, 5.74) is 0.938. The zero-order valence-corrected chi connectivity index (χ0v) is 22.9. The standard InChI is InChI=1S/C26H33Cl2N5O4/c1-26(2)12-16(8-10-37-26)13-29-21-7-6-19(27)23(31-21)18-11-22(30-14-20(18)28)32-24(34)17-5-4-9-33(15-17)25(35)36-3/h6-7,11,14,16-17H,4-5,8-10,12-13,15H2,1-3H3,(H,29,31)(H,30,32,34)/t16-,17+/m1/s1. The normalized spacial score (nSPS) is 21.3. The van der Waals surface area contributed by atoms with E-state index in [-0.39, 0.29) is 17.4 Å². The fourth-order valence-electron chi connectivity index (χ4n) is 4.91. The van der Waals surface area contributed by atoms with Gasteiger partial charge < -0.3 is 25.0 Å². The summed E-state index contributed by atoms with van der Waals surface area (Å²) in [6.07, 6.45) is 4.39. The predicted octanol–water partition coefficient (Wildman–Crippen LogP) is 5.48. The van der Waals surface area contributed by atoms with Crippen molar-refractivity contribution < 1.29 is 19.1 Å². The van der Waals surface area contributed by atoms with Gasteiger partial charge in [0, 0.05) is 38.0 Å². The van der Waals surface area contributed by atoms with Crippen LogP contribution >= 0.6 is 23.2 Å². The fourth-order valence-corrected chi connectivity index (χ4v) is 5.31. The molecular weight excluding hydrogens is 517 g/mol. The maximum absolute atomic E-state index is 12.9. The Kier molecular flexibility index (Phi) is 8.77. The largest absolute Gasteiger partial charge is 0.453 e. The van der Waals surface area contributed by atoms with Crippen molar-refractivity contribution in [3.05, 3.63) is 34.4 Å². The lowest BCUT2D eigenvalue weighted by Crippen LogP contribution is -2.43. The van der Waals surface area contributed by atoms with Gasteiger partial charge in [0.05, 0.1) is 34.4 Å². The number of pyridine rings is 2. The molecular formula is C26H33Cl2N5O4. The zero-order valence-electron chi connectivity index (χ0n) is 21.4. The molecule has 11 heteroatoms. The molecule has 200 valence electrons. The summed E-state index contributed by atoms with van der Waals surface area (Å²) in [6.45, 7) is 6.62. The molecule has 0 unspecified atom stereocenters. The van der Waals surface area contributed by atoms with Gasteiger partial charge >= 0.3 is 6.09 Å². The number of piperidine rings is 1. The molecule has 2 aliphatic rings. The third-order valence-corrected chi connectivity index (χ3v) is 7.41. The maximum atomic E-state index is 12.9. The molecule has 2 fully saturated rings. The van der Waals surface area contributed by atoms with Gasteiger partial charge in [-0.15, -0.1) is 0 Å². The van der Waals surface area contributed by atoms with Gasteiger partial charge in [0.25, 0.3) is 0 Å². The number of methoxy groups -OCH3 is 1. The molecule has 0 aromatic carbocycles. The Morgan fingerprint density at radius 2 is 2.03 bits per heavy atom. The van der Waals surface area contributed by atoms with Crippen molar-refractivity contribution in [1.29, 1.82) is 0 Å². The van der Waals surface area contributed by atoms with E-state index < -0.39 is 6.09 Å². The van der Waals surface area contributed by atoms with Crippen LogP contribution in [0.2, 0.25) is 10.0 Å². The van der Waals surface area contributed by atoms with Crippen molar-refractivity contribution in [1.82, 2.24) is 14.9 Å². The van der Waals surface area contributed by atoms with E-state index >= 15 is 0 Å². The summed E-state index contributed by atoms with van der Waals surface area (Å²) in [7, 11) is 1.33. The molecule has 2 N–H and O–H groups in total. The van der Waals surface area contributed by atoms with E-state index in [1.165, 1.54) is 18.2 Å². The topological polar surface area (TPSA) is 106 Å². The summed E-state index contributed by atoms with van der Waals surface area (Å²) in [6, 6.07) is 5.28. The molecule has 0 saturated carbocycles. The fraction of sp³-hybridized carbons (Fsp3) is 0.538. The second kappa shape index (κ2) is 11.8. The molecule has 0 spiro atoms. The quantitative estimate of drug-likeness (QED) is 0.491. The van der Waals surface area contributed by atoms with Crippen molar-refractivity contribution in [3.8, 4) is 11.3 Å². The van der Waals surface area contributed by atoms with Crippen LogP contribution in [0.25, 0.3) is 11.3 Å². The first kappa shape index (κ1) is 27.4. The van der Waals surface area contributed by atoms with E-state index in [0.717, 1.165) is 32.4 Å². The number of amides is 2. The van der Waals surface area contributed by atoms with E-state index in [0.29, 0.717) is 58.4 Å². The highest BCUT2D eigenvalue weighted by atomic mass is 35.5. The lowest BCUT2D eigenvalue weighted by molar-refractivity contribution is -0.121. The van der Waals surface area contributed by atoms with Crippen LogP contribution < -0.4 is 10.6 Å². The molecule has 0 radical (unpaired) electrons.